The molecule has 3 N–H and O–H groups in total. The Kier molecular flexibility index (Phi) is 5.25. The third-order valence-corrected chi connectivity index (χ3v) is 4.20. The van der Waals surface area contributed by atoms with Crippen LogP contribution in [0.2, 0.25) is 0 Å². The molecule has 0 amide bonds. The molecule has 1 unspecified atom stereocenters. The van der Waals surface area contributed by atoms with Crippen LogP contribution in [-0.4, -0.2) is 21.0 Å². The summed E-state index contributed by atoms with van der Waals surface area (Å²) in [6, 6.07) is 3.47. The average Bonchev–Trinajstić information content (AvgIpc) is 2.30. The van der Waals surface area contributed by atoms with Crippen molar-refractivity contribution >= 4 is 10.0 Å². The van der Waals surface area contributed by atoms with Gasteiger partial charge in [-0.05, 0) is 31.0 Å². The summed E-state index contributed by atoms with van der Waals surface area (Å²) in [4.78, 5) is -0.0359. The summed E-state index contributed by atoms with van der Waals surface area (Å²) in [6.07, 6.45) is 1.63. The topological polar surface area (TPSA) is 72.2 Å². The number of nitrogens with one attached hydrogen (secondary N) is 1. The molecule has 0 heterocycles. The van der Waals surface area contributed by atoms with E-state index in [9.17, 15) is 12.8 Å². The normalized spacial score (nSPS) is 13.6. The van der Waals surface area contributed by atoms with Gasteiger partial charge < -0.3 is 5.73 Å². The molecule has 0 saturated carbocycles. The first-order chi connectivity index (χ1) is 8.36. The lowest BCUT2D eigenvalue weighted by Crippen LogP contribution is -2.37. The molecule has 1 aromatic carbocycles. The fraction of sp³-hybridized carbons (Fsp3) is 0.500. The van der Waals surface area contributed by atoms with Gasteiger partial charge in [-0.25, -0.2) is 17.5 Å². The number of hydrogen-bond donors (Lipinski definition) is 2. The summed E-state index contributed by atoms with van der Waals surface area (Å²) in [6.45, 7) is 3.76. The standard InChI is InChI=1S/C12H19FN2O2S/c1-3-4-11(14)8-15-18(16,17)12-7-10(13)6-5-9(12)2/h5-7,11,15H,3-4,8,14H2,1-2H3. The van der Waals surface area contributed by atoms with Gasteiger partial charge in [-0.15, -0.1) is 0 Å². The molecule has 0 bridgehead atoms. The van der Waals surface area contributed by atoms with Gasteiger partial charge in [-0.1, -0.05) is 19.4 Å². The lowest BCUT2D eigenvalue weighted by Gasteiger charge is -2.13. The maximum atomic E-state index is 13.1. The van der Waals surface area contributed by atoms with Crippen LogP contribution in [-0.2, 0) is 10.0 Å². The van der Waals surface area contributed by atoms with Gasteiger partial charge in [0, 0.05) is 12.6 Å². The molecule has 0 aliphatic carbocycles. The van der Waals surface area contributed by atoms with Crippen molar-refractivity contribution < 1.29 is 12.8 Å². The molecule has 0 saturated heterocycles. The number of sulfonamides is 1. The summed E-state index contributed by atoms with van der Waals surface area (Å²) < 4.78 is 39.4. The van der Waals surface area contributed by atoms with Crippen LogP contribution >= 0.6 is 0 Å². The Labute approximate surface area is 107 Å². The van der Waals surface area contributed by atoms with E-state index in [1.165, 1.54) is 12.1 Å². The summed E-state index contributed by atoms with van der Waals surface area (Å²) in [5.74, 6) is -0.571. The van der Waals surface area contributed by atoms with E-state index in [1.54, 1.807) is 6.92 Å². The zero-order valence-electron chi connectivity index (χ0n) is 10.6. The predicted molar refractivity (Wildman–Crippen MR) is 69.2 cm³/mol. The third-order valence-electron chi connectivity index (χ3n) is 2.63. The number of nitrogens with two attached hydrogens (primary N) is 1. The lowest BCUT2D eigenvalue weighted by molar-refractivity contribution is 0.550. The number of benzene rings is 1. The van der Waals surface area contributed by atoms with Crippen LogP contribution in [0.1, 0.15) is 25.3 Å². The van der Waals surface area contributed by atoms with Crippen molar-refractivity contribution in [1.82, 2.24) is 4.72 Å². The predicted octanol–water partition coefficient (Wildman–Crippen LogP) is 1.54. The molecule has 1 aromatic rings. The number of rotatable bonds is 6. The van der Waals surface area contributed by atoms with Gasteiger partial charge in [0.2, 0.25) is 10.0 Å². The van der Waals surface area contributed by atoms with E-state index in [0.717, 1.165) is 18.9 Å². The summed E-state index contributed by atoms with van der Waals surface area (Å²) >= 11 is 0. The fourth-order valence-corrected chi connectivity index (χ4v) is 2.98. The van der Waals surface area contributed by atoms with Gasteiger partial charge in [-0.2, -0.15) is 0 Å². The van der Waals surface area contributed by atoms with E-state index in [-0.39, 0.29) is 17.5 Å². The van der Waals surface area contributed by atoms with E-state index in [4.69, 9.17) is 5.73 Å². The van der Waals surface area contributed by atoms with E-state index in [0.29, 0.717) is 5.56 Å². The van der Waals surface area contributed by atoms with E-state index in [2.05, 4.69) is 4.72 Å². The molecular weight excluding hydrogens is 255 g/mol. The molecule has 6 heteroatoms. The highest BCUT2D eigenvalue weighted by atomic mass is 32.2. The molecule has 18 heavy (non-hydrogen) atoms. The fourth-order valence-electron chi connectivity index (χ4n) is 1.63. The highest BCUT2D eigenvalue weighted by molar-refractivity contribution is 7.89. The van der Waals surface area contributed by atoms with E-state index in [1.807, 2.05) is 6.92 Å². The minimum atomic E-state index is -3.70. The highest BCUT2D eigenvalue weighted by Gasteiger charge is 2.18. The first kappa shape index (κ1) is 15.1. The third kappa shape index (κ3) is 4.04. The lowest BCUT2D eigenvalue weighted by atomic mass is 10.2. The van der Waals surface area contributed by atoms with Crippen LogP contribution in [0.15, 0.2) is 23.1 Å². The molecule has 102 valence electrons. The van der Waals surface area contributed by atoms with Gasteiger partial charge in [0.1, 0.15) is 5.82 Å². The van der Waals surface area contributed by atoms with Gasteiger partial charge in [0.15, 0.2) is 0 Å². The van der Waals surface area contributed by atoms with Gasteiger partial charge >= 0.3 is 0 Å². The van der Waals surface area contributed by atoms with Crippen LogP contribution in [0.3, 0.4) is 0 Å². The SMILES string of the molecule is CCCC(N)CNS(=O)(=O)c1cc(F)ccc1C. The van der Waals surface area contributed by atoms with Crippen molar-refractivity contribution in [3.8, 4) is 0 Å². The molecule has 0 aliphatic rings. The summed E-state index contributed by atoms with van der Waals surface area (Å²) in [5.41, 5.74) is 6.24. The van der Waals surface area contributed by atoms with Crippen molar-refractivity contribution in [2.75, 3.05) is 6.54 Å². The minimum Gasteiger partial charge on any atom is -0.327 e. The van der Waals surface area contributed by atoms with Crippen LogP contribution in [0, 0.1) is 12.7 Å². The zero-order chi connectivity index (χ0) is 13.8. The summed E-state index contributed by atoms with van der Waals surface area (Å²) in [5, 5.41) is 0. The largest absolute Gasteiger partial charge is 0.327 e. The van der Waals surface area contributed by atoms with Crippen LogP contribution in [0.4, 0.5) is 4.39 Å². The van der Waals surface area contributed by atoms with Crippen molar-refractivity contribution in [2.24, 2.45) is 5.73 Å². The Hall–Kier alpha value is -0.980. The van der Waals surface area contributed by atoms with Crippen molar-refractivity contribution in [3.05, 3.63) is 29.6 Å². The maximum absolute atomic E-state index is 13.1. The smallest absolute Gasteiger partial charge is 0.240 e. The molecule has 0 aliphatic heterocycles. The number of hydrogen-bond acceptors (Lipinski definition) is 3. The van der Waals surface area contributed by atoms with Crippen LogP contribution in [0.5, 0.6) is 0 Å². The van der Waals surface area contributed by atoms with Crippen LogP contribution in [0.25, 0.3) is 0 Å². The highest BCUT2D eigenvalue weighted by Crippen LogP contribution is 2.16. The van der Waals surface area contributed by atoms with Crippen molar-refractivity contribution in [3.63, 3.8) is 0 Å². The maximum Gasteiger partial charge on any atom is 0.240 e. The Bertz CT molecular complexity index is 503. The first-order valence-electron chi connectivity index (χ1n) is 5.88. The quantitative estimate of drug-likeness (QED) is 0.826. The second kappa shape index (κ2) is 6.26. The Morgan fingerprint density at radius 2 is 2.11 bits per heavy atom. The Balaban J connectivity index is 2.83. The molecule has 0 aromatic heterocycles. The minimum absolute atomic E-state index is 0.0359. The number of halogens is 1. The van der Waals surface area contributed by atoms with E-state index >= 15 is 0 Å². The average molecular weight is 274 g/mol. The van der Waals surface area contributed by atoms with Crippen molar-refractivity contribution in [2.45, 2.75) is 37.6 Å². The number of aryl methyl sites for hydroxylation is 1. The van der Waals surface area contributed by atoms with Gasteiger partial charge in [0.05, 0.1) is 4.90 Å². The zero-order valence-corrected chi connectivity index (χ0v) is 11.4. The van der Waals surface area contributed by atoms with Gasteiger partial charge in [-0.3, -0.25) is 0 Å². The first-order valence-corrected chi connectivity index (χ1v) is 7.36. The van der Waals surface area contributed by atoms with Crippen molar-refractivity contribution in [1.29, 1.82) is 0 Å². The molecule has 4 nitrogen and oxygen atoms in total. The summed E-state index contributed by atoms with van der Waals surface area (Å²) in [7, 11) is -3.70. The van der Waals surface area contributed by atoms with Gasteiger partial charge in [0.25, 0.3) is 0 Å². The van der Waals surface area contributed by atoms with Crippen LogP contribution < -0.4 is 10.5 Å². The monoisotopic (exact) mass is 274 g/mol. The molecular formula is C12H19FN2O2S. The Morgan fingerprint density at radius 3 is 2.72 bits per heavy atom. The second-order valence-electron chi connectivity index (χ2n) is 4.31. The Morgan fingerprint density at radius 1 is 1.44 bits per heavy atom. The molecule has 1 rings (SSSR count). The second-order valence-corrected chi connectivity index (χ2v) is 6.05. The molecule has 0 fully saturated rings. The molecule has 0 radical (unpaired) electrons. The van der Waals surface area contributed by atoms with E-state index < -0.39 is 15.8 Å². The molecule has 1 atom stereocenters. The molecule has 0 spiro atoms.